The van der Waals surface area contributed by atoms with E-state index in [9.17, 15) is 4.79 Å². The van der Waals surface area contributed by atoms with Crippen LogP contribution in [0.25, 0.3) is 17.1 Å². The maximum atomic E-state index is 12.1. The molecule has 0 saturated carbocycles. The largest absolute Gasteiger partial charge is 0.322 e. The topological polar surface area (TPSA) is 54.9 Å². The number of benzene rings is 2. The number of aromatic nitrogens is 2. The zero-order chi connectivity index (χ0) is 16.2. The highest BCUT2D eigenvalue weighted by atomic mass is 16.1. The molecule has 0 unspecified atom stereocenters. The molecule has 2 aromatic carbocycles. The average molecular weight is 303 g/mol. The monoisotopic (exact) mass is 303 g/mol. The van der Waals surface area contributed by atoms with Crippen molar-refractivity contribution in [1.29, 1.82) is 0 Å². The van der Waals surface area contributed by atoms with Crippen LogP contribution < -0.4 is 5.32 Å². The summed E-state index contributed by atoms with van der Waals surface area (Å²) in [5.41, 5.74) is 5.34. The van der Waals surface area contributed by atoms with Gasteiger partial charge in [-0.05, 0) is 49.2 Å². The van der Waals surface area contributed by atoms with E-state index in [-0.39, 0.29) is 5.91 Å². The van der Waals surface area contributed by atoms with Crippen molar-refractivity contribution >= 4 is 28.7 Å². The number of hydrogen-bond acceptors (Lipinski definition) is 3. The number of aryl methyl sites for hydroxylation is 1. The van der Waals surface area contributed by atoms with Gasteiger partial charge in [0.25, 0.3) is 0 Å². The summed E-state index contributed by atoms with van der Waals surface area (Å²) in [5, 5.41) is 2.88. The summed E-state index contributed by atoms with van der Waals surface area (Å²) in [6.45, 7) is 4.01. The molecule has 3 rings (SSSR count). The molecule has 0 aliphatic rings. The van der Waals surface area contributed by atoms with Crippen molar-refractivity contribution in [3.8, 4) is 0 Å². The first kappa shape index (κ1) is 14.9. The molecule has 0 fully saturated rings. The third kappa shape index (κ3) is 3.43. The summed E-state index contributed by atoms with van der Waals surface area (Å²) in [5.74, 6) is -0.186. The Kier molecular flexibility index (Phi) is 4.15. The molecule has 0 radical (unpaired) electrons. The number of amides is 1. The van der Waals surface area contributed by atoms with Crippen LogP contribution in [0.2, 0.25) is 0 Å². The van der Waals surface area contributed by atoms with Crippen molar-refractivity contribution in [1.82, 2.24) is 9.97 Å². The molecule has 0 saturated heterocycles. The molecule has 1 aromatic heterocycles. The number of fused-ring (bicyclic) bond motifs is 1. The normalized spacial score (nSPS) is 11.0. The maximum Gasteiger partial charge on any atom is 0.248 e. The minimum absolute atomic E-state index is 0.186. The van der Waals surface area contributed by atoms with Crippen LogP contribution in [-0.4, -0.2) is 15.9 Å². The molecule has 4 nitrogen and oxygen atoms in total. The lowest BCUT2D eigenvalue weighted by Gasteiger charge is -2.08. The van der Waals surface area contributed by atoms with E-state index >= 15 is 0 Å². The van der Waals surface area contributed by atoms with E-state index in [0.29, 0.717) is 5.69 Å². The highest BCUT2D eigenvalue weighted by Gasteiger charge is 2.03. The summed E-state index contributed by atoms with van der Waals surface area (Å²) in [6, 6.07) is 13.5. The fraction of sp³-hybridized carbons (Fsp3) is 0.105. The van der Waals surface area contributed by atoms with Crippen LogP contribution in [0.5, 0.6) is 0 Å². The van der Waals surface area contributed by atoms with Gasteiger partial charge < -0.3 is 5.32 Å². The van der Waals surface area contributed by atoms with Crippen LogP contribution in [-0.2, 0) is 4.79 Å². The molecule has 23 heavy (non-hydrogen) atoms. The van der Waals surface area contributed by atoms with Crippen molar-refractivity contribution in [2.24, 2.45) is 0 Å². The van der Waals surface area contributed by atoms with Gasteiger partial charge in [0.2, 0.25) is 5.91 Å². The van der Waals surface area contributed by atoms with Crippen molar-refractivity contribution in [3.05, 3.63) is 71.6 Å². The van der Waals surface area contributed by atoms with E-state index in [4.69, 9.17) is 0 Å². The number of carbonyl (C=O) groups is 1. The third-order valence-electron chi connectivity index (χ3n) is 3.74. The fourth-order valence-electron chi connectivity index (χ4n) is 2.27. The predicted octanol–water partition coefficient (Wildman–Crippen LogP) is 3.90. The van der Waals surface area contributed by atoms with Crippen LogP contribution in [0.4, 0.5) is 5.69 Å². The highest BCUT2D eigenvalue weighted by molar-refractivity contribution is 6.02. The second-order valence-corrected chi connectivity index (χ2v) is 5.35. The van der Waals surface area contributed by atoms with E-state index in [1.165, 1.54) is 6.08 Å². The number of hydrogen-bond donors (Lipinski definition) is 1. The SMILES string of the molecule is Cc1cccc(NC(=O)C=Cc2cnc3ccccc3n2)c1C. The molecule has 1 N–H and O–H groups in total. The van der Waals surface area contributed by atoms with Gasteiger partial charge in [-0.2, -0.15) is 0 Å². The molecular formula is C19H17N3O. The first-order chi connectivity index (χ1) is 11.1. The molecule has 0 atom stereocenters. The Labute approximate surface area is 134 Å². The van der Waals surface area contributed by atoms with Crippen molar-refractivity contribution < 1.29 is 4.79 Å². The van der Waals surface area contributed by atoms with E-state index in [0.717, 1.165) is 27.8 Å². The lowest BCUT2D eigenvalue weighted by Crippen LogP contribution is -2.09. The Hall–Kier alpha value is -3.01. The quantitative estimate of drug-likeness (QED) is 0.747. The Bertz CT molecular complexity index is 900. The van der Waals surface area contributed by atoms with E-state index in [1.54, 1.807) is 12.3 Å². The first-order valence-corrected chi connectivity index (χ1v) is 7.40. The summed E-state index contributed by atoms with van der Waals surface area (Å²) in [4.78, 5) is 20.8. The van der Waals surface area contributed by atoms with Gasteiger partial charge in [0.1, 0.15) is 0 Å². The average Bonchev–Trinajstić information content (AvgIpc) is 2.57. The number of para-hydroxylation sites is 2. The van der Waals surface area contributed by atoms with Crippen LogP contribution in [0, 0.1) is 13.8 Å². The summed E-state index contributed by atoms with van der Waals surface area (Å²) in [7, 11) is 0. The second-order valence-electron chi connectivity index (χ2n) is 5.35. The molecule has 1 amide bonds. The molecule has 0 bridgehead atoms. The van der Waals surface area contributed by atoms with Gasteiger partial charge in [-0.1, -0.05) is 24.3 Å². The Morgan fingerprint density at radius 2 is 1.83 bits per heavy atom. The third-order valence-corrected chi connectivity index (χ3v) is 3.74. The van der Waals surface area contributed by atoms with Crippen molar-refractivity contribution in [3.63, 3.8) is 0 Å². The number of rotatable bonds is 3. The van der Waals surface area contributed by atoms with E-state index < -0.39 is 0 Å². The van der Waals surface area contributed by atoms with Gasteiger partial charge in [-0.25, -0.2) is 4.98 Å². The highest BCUT2D eigenvalue weighted by Crippen LogP contribution is 2.18. The Morgan fingerprint density at radius 1 is 1.04 bits per heavy atom. The van der Waals surface area contributed by atoms with Gasteiger partial charge in [0.15, 0.2) is 0 Å². The van der Waals surface area contributed by atoms with Gasteiger partial charge in [0.05, 0.1) is 22.9 Å². The van der Waals surface area contributed by atoms with E-state index in [2.05, 4.69) is 15.3 Å². The molecule has 4 heteroatoms. The van der Waals surface area contributed by atoms with Crippen LogP contribution >= 0.6 is 0 Å². The number of nitrogens with one attached hydrogen (secondary N) is 1. The minimum atomic E-state index is -0.186. The lowest BCUT2D eigenvalue weighted by molar-refractivity contribution is -0.111. The standard InChI is InChI=1S/C19H17N3O/c1-13-6-5-9-16(14(13)2)22-19(23)11-10-15-12-20-17-7-3-4-8-18(17)21-15/h3-12H,1-2H3,(H,22,23). The minimum Gasteiger partial charge on any atom is -0.322 e. The number of carbonyl (C=O) groups excluding carboxylic acids is 1. The summed E-state index contributed by atoms with van der Waals surface area (Å²) < 4.78 is 0. The van der Waals surface area contributed by atoms with Gasteiger partial charge in [0, 0.05) is 11.8 Å². The van der Waals surface area contributed by atoms with Crippen LogP contribution in [0.15, 0.2) is 54.7 Å². The molecule has 3 aromatic rings. The van der Waals surface area contributed by atoms with Crippen LogP contribution in [0.3, 0.4) is 0 Å². The summed E-state index contributed by atoms with van der Waals surface area (Å²) in [6.07, 6.45) is 4.80. The summed E-state index contributed by atoms with van der Waals surface area (Å²) >= 11 is 0. The maximum absolute atomic E-state index is 12.1. The first-order valence-electron chi connectivity index (χ1n) is 7.40. The second kappa shape index (κ2) is 6.40. The van der Waals surface area contributed by atoms with Gasteiger partial charge in [-0.15, -0.1) is 0 Å². The molecule has 114 valence electrons. The molecule has 0 aliphatic heterocycles. The number of nitrogens with zero attached hydrogens (tertiary/aromatic N) is 2. The smallest absolute Gasteiger partial charge is 0.248 e. The lowest BCUT2D eigenvalue weighted by atomic mass is 10.1. The number of anilines is 1. The van der Waals surface area contributed by atoms with E-state index in [1.807, 2.05) is 56.3 Å². The molecular weight excluding hydrogens is 286 g/mol. The van der Waals surface area contributed by atoms with Crippen LogP contribution in [0.1, 0.15) is 16.8 Å². The zero-order valence-corrected chi connectivity index (χ0v) is 13.1. The Morgan fingerprint density at radius 3 is 2.65 bits per heavy atom. The fourth-order valence-corrected chi connectivity index (χ4v) is 2.27. The molecule has 0 aliphatic carbocycles. The molecule has 1 heterocycles. The van der Waals surface area contributed by atoms with Gasteiger partial charge in [-0.3, -0.25) is 9.78 Å². The Balaban J connectivity index is 1.75. The van der Waals surface area contributed by atoms with Crippen molar-refractivity contribution in [2.45, 2.75) is 13.8 Å². The molecule has 0 spiro atoms. The van der Waals surface area contributed by atoms with Crippen molar-refractivity contribution in [2.75, 3.05) is 5.32 Å². The van der Waals surface area contributed by atoms with Gasteiger partial charge >= 0.3 is 0 Å². The zero-order valence-electron chi connectivity index (χ0n) is 13.1. The predicted molar refractivity (Wildman–Crippen MR) is 93.1 cm³/mol.